The number of hydrogen-bond acceptors (Lipinski definition) is 8. The summed E-state index contributed by atoms with van der Waals surface area (Å²) >= 11 is 1.22. The lowest BCUT2D eigenvalue weighted by atomic mass is 9.95. The molecule has 5 aromatic rings. The number of carbonyl (C=O) groups is 2. The fourth-order valence-electron chi connectivity index (χ4n) is 5.19. The van der Waals surface area contributed by atoms with Gasteiger partial charge in [0.2, 0.25) is 0 Å². The number of amides is 1. The molecule has 1 saturated heterocycles. The first kappa shape index (κ1) is 29.7. The van der Waals surface area contributed by atoms with Gasteiger partial charge in [-0.3, -0.25) is 14.5 Å². The Balaban J connectivity index is 1.33. The number of aromatic nitrogens is 1. The van der Waals surface area contributed by atoms with E-state index in [9.17, 15) is 14.7 Å². The number of benzene rings is 4. The number of carbonyl (C=O) groups excluding carboxylic acids is 2. The maximum atomic E-state index is 13.5. The molecule has 6 rings (SSSR count). The van der Waals surface area contributed by atoms with Crippen LogP contribution in [-0.4, -0.2) is 28.9 Å². The number of thiazole rings is 1. The van der Waals surface area contributed by atoms with Gasteiger partial charge in [-0.05, 0) is 65.6 Å². The van der Waals surface area contributed by atoms with Gasteiger partial charge < -0.3 is 19.3 Å². The van der Waals surface area contributed by atoms with Crippen LogP contribution in [0.4, 0.5) is 5.13 Å². The summed E-state index contributed by atoms with van der Waals surface area (Å²) in [6.45, 7) is 2.75. The lowest BCUT2D eigenvalue weighted by Crippen LogP contribution is -2.29. The molecule has 1 aliphatic heterocycles. The van der Waals surface area contributed by atoms with Crippen LogP contribution >= 0.6 is 11.3 Å². The second-order valence-electron chi connectivity index (χ2n) is 10.4. The number of aryl methyl sites for hydroxylation is 1. The lowest BCUT2D eigenvalue weighted by molar-refractivity contribution is -0.132. The molecule has 1 N–H and O–H groups in total. The molecule has 226 valence electrons. The highest BCUT2D eigenvalue weighted by Gasteiger charge is 2.48. The Morgan fingerprint density at radius 1 is 0.889 bits per heavy atom. The largest absolute Gasteiger partial charge is 0.507 e. The van der Waals surface area contributed by atoms with Gasteiger partial charge >= 0.3 is 5.91 Å². The predicted molar refractivity (Wildman–Crippen MR) is 173 cm³/mol. The van der Waals surface area contributed by atoms with Gasteiger partial charge in [0.15, 0.2) is 16.6 Å². The van der Waals surface area contributed by atoms with Gasteiger partial charge in [-0.2, -0.15) is 0 Å². The molecule has 1 aliphatic rings. The normalized spacial score (nSPS) is 15.7. The average molecular weight is 619 g/mol. The van der Waals surface area contributed by atoms with E-state index in [1.807, 2.05) is 61.5 Å². The van der Waals surface area contributed by atoms with Gasteiger partial charge in [0.05, 0.1) is 18.7 Å². The zero-order valence-electron chi connectivity index (χ0n) is 24.7. The maximum Gasteiger partial charge on any atom is 0.301 e. The van der Waals surface area contributed by atoms with E-state index >= 15 is 0 Å². The van der Waals surface area contributed by atoms with Crippen molar-refractivity contribution >= 4 is 33.9 Å². The first-order valence-corrected chi connectivity index (χ1v) is 15.2. The first-order chi connectivity index (χ1) is 21.9. The first-order valence-electron chi connectivity index (χ1n) is 14.3. The van der Waals surface area contributed by atoms with E-state index < -0.39 is 17.7 Å². The molecule has 1 unspecified atom stereocenters. The van der Waals surface area contributed by atoms with E-state index in [0.29, 0.717) is 46.7 Å². The van der Waals surface area contributed by atoms with Crippen molar-refractivity contribution in [1.82, 2.24) is 4.98 Å². The minimum Gasteiger partial charge on any atom is -0.507 e. The Kier molecular flexibility index (Phi) is 8.61. The van der Waals surface area contributed by atoms with Crippen molar-refractivity contribution < 1.29 is 28.9 Å². The molecule has 8 nitrogen and oxygen atoms in total. The fraction of sp³-hybridized carbons (Fsp3) is 0.139. The van der Waals surface area contributed by atoms with Crippen LogP contribution in [-0.2, 0) is 22.8 Å². The summed E-state index contributed by atoms with van der Waals surface area (Å²) in [6.07, 6.45) is 1.56. The smallest absolute Gasteiger partial charge is 0.301 e. The third-order valence-electron chi connectivity index (χ3n) is 7.59. The Bertz CT molecular complexity index is 1850. The molecule has 1 amide bonds. The quantitative estimate of drug-likeness (QED) is 0.100. The molecule has 4 aromatic carbocycles. The van der Waals surface area contributed by atoms with E-state index in [1.165, 1.54) is 23.3 Å². The van der Waals surface area contributed by atoms with Crippen LogP contribution in [0, 0.1) is 6.92 Å². The van der Waals surface area contributed by atoms with Gasteiger partial charge in [-0.25, -0.2) is 4.98 Å². The van der Waals surface area contributed by atoms with Gasteiger partial charge in [0.25, 0.3) is 5.78 Å². The van der Waals surface area contributed by atoms with Crippen LogP contribution in [0.5, 0.6) is 17.2 Å². The summed E-state index contributed by atoms with van der Waals surface area (Å²) in [5, 5.41) is 13.6. The number of ketones is 1. The Morgan fingerprint density at radius 2 is 1.64 bits per heavy atom. The Morgan fingerprint density at radius 3 is 2.36 bits per heavy atom. The van der Waals surface area contributed by atoms with Crippen molar-refractivity contribution in [2.24, 2.45) is 0 Å². The molecule has 0 saturated carbocycles. The van der Waals surface area contributed by atoms with Crippen LogP contribution in [0.1, 0.15) is 33.9 Å². The summed E-state index contributed by atoms with van der Waals surface area (Å²) < 4.78 is 17.6. The molecule has 1 aromatic heterocycles. The number of nitrogens with zero attached hydrogens (tertiary/aromatic N) is 2. The zero-order valence-corrected chi connectivity index (χ0v) is 25.5. The Labute approximate surface area is 264 Å². The summed E-state index contributed by atoms with van der Waals surface area (Å²) in [5.74, 6) is -0.369. The fourth-order valence-corrected chi connectivity index (χ4v) is 5.85. The van der Waals surface area contributed by atoms with Crippen molar-refractivity contribution in [3.8, 4) is 17.2 Å². The number of aliphatic hydroxyl groups excluding tert-OH is 1. The number of Topliss-reactive ketones (excluding diaryl/α,β-unsaturated/α-hetero) is 1. The van der Waals surface area contributed by atoms with Crippen molar-refractivity contribution in [1.29, 1.82) is 0 Å². The molecule has 0 bridgehead atoms. The summed E-state index contributed by atoms with van der Waals surface area (Å²) in [6, 6.07) is 28.7. The van der Waals surface area contributed by atoms with Gasteiger partial charge in [-0.15, -0.1) is 11.3 Å². The second-order valence-corrected chi connectivity index (χ2v) is 11.3. The highest BCUT2D eigenvalue weighted by Crippen LogP contribution is 2.44. The zero-order chi connectivity index (χ0) is 31.3. The molecular weight excluding hydrogens is 588 g/mol. The van der Waals surface area contributed by atoms with E-state index in [1.54, 1.807) is 54.0 Å². The lowest BCUT2D eigenvalue weighted by Gasteiger charge is -2.24. The standard InChI is InChI=1S/C36H30N2O6S/c1-23-8-6-7-11-27(23)22-43-28-15-12-25(13-16-28)33(39)31-32(38(35(41)34(31)40)36-37-18-19-45-36)26-14-17-29(30(20-26)42-2)44-21-24-9-4-3-5-10-24/h3-20,32,39H,21-22H2,1-2H3/b33-31+. The van der Waals surface area contributed by atoms with Gasteiger partial charge in [0.1, 0.15) is 24.7 Å². The van der Waals surface area contributed by atoms with Crippen LogP contribution in [0.15, 0.2) is 114 Å². The third kappa shape index (κ3) is 6.16. The average Bonchev–Trinajstić information content (AvgIpc) is 3.70. The molecule has 0 radical (unpaired) electrons. The number of hydrogen-bond donors (Lipinski definition) is 1. The molecule has 0 spiro atoms. The molecule has 1 atom stereocenters. The minimum absolute atomic E-state index is 0.0521. The van der Waals surface area contributed by atoms with Crippen LogP contribution in [0.2, 0.25) is 0 Å². The van der Waals surface area contributed by atoms with E-state index in [-0.39, 0.29) is 11.3 Å². The number of methoxy groups -OCH3 is 1. The van der Waals surface area contributed by atoms with Gasteiger partial charge in [-0.1, -0.05) is 60.7 Å². The van der Waals surface area contributed by atoms with Crippen molar-refractivity contribution in [2.45, 2.75) is 26.2 Å². The van der Waals surface area contributed by atoms with Crippen molar-refractivity contribution in [3.05, 3.63) is 142 Å². The highest BCUT2D eigenvalue weighted by atomic mass is 32.1. The number of aliphatic hydroxyl groups is 1. The van der Waals surface area contributed by atoms with E-state index in [0.717, 1.165) is 16.7 Å². The molecule has 45 heavy (non-hydrogen) atoms. The van der Waals surface area contributed by atoms with Crippen molar-refractivity contribution in [3.63, 3.8) is 0 Å². The molecule has 9 heteroatoms. The third-order valence-corrected chi connectivity index (χ3v) is 8.36. The second kappa shape index (κ2) is 13.1. The van der Waals surface area contributed by atoms with Gasteiger partial charge in [0, 0.05) is 17.1 Å². The molecule has 1 fully saturated rings. The highest BCUT2D eigenvalue weighted by molar-refractivity contribution is 7.14. The monoisotopic (exact) mass is 618 g/mol. The van der Waals surface area contributed by atoms with Crippen LogP contribution < -0.4 is 19.1 Å². The summed E-state index contributed by atoms with van der Waals surface area (Å²) in [5.41, 5.74) is 4.06. The maximum absolute atomic E-state index is 13.5. The van der Waals surface area contributed by atoms with Crippen molar-refractivity contribution in [2.75, 3.05) is 12.0 Å². The topological polar surface area (TPSA) is 98.2 Å². The van der Waals surface area contributed by atoms with E-state index in [2.05, 4.69) is 4.98 Å². The number of anilines is 1. The Hall–Kier alpha value is -5.41. The summed E-state index contributed by atoms with van der Waals surface area (Å²) in [7, 11) is 1.52. The molecule has 2 heterocycles. The molecular formula is C36H30N2O6S. The number of rotatable bonds is 10. The molecule has 0 aliphatic carbocycles. The number of ether oxygens (including phenoxy) is 3. The SMILES string of the molecule is COc1cc(C2/C(=C(\O)c3ccc(OCc4ccccc4C)cc3)C(=O)C(=O)N2c2nccs2)ccc1OCc1ccccc1. The summed E-state index contributed by atoms with van der Waals surface area (Å²) in [4.78, 5) is 32.6. The van der Waals surface area contributed by atoms with E-state index in [4.69, 9.17) is 14.2 Å². The predicted octanol–water partition coefficient (Wildman–Crippen LogP) is 7.24. The van der Waals surface area contributed by atoms with Crippen LogP contribution in [0.3, 0.4) is 0 Å². The minimum atomic E-state index is -0.954. The van der Waals surface area contributed by atoms with Crippen LogP contribution in [0.25, 0.3) is 5.76 Å².